The van der Waals surface area contributed by atoms with Crippen LogP contribution in [-0.4, -0.2) is 37.4 Å². The monoisotopic (exact) mass is 373 g/mol. The van der Waals surface area contributed by atoms with Crippen molar-refractivity contribution < 1.29 is 14.6 Å². The molecule has 2 heterocycles. The quantitative estimate of drug-likeness (QED) is 0.810. The maximum Gasteiger partial charge on any atom is 0.335 e. The molecule has 0 amide bonds. The minimum absolute atomic E-state index is 0.370. The molecule has 5 heteroatoms. The number of hydrogen-bond acceptors (Lipinski definition) is 3. The van der Waals surface area contributed by atoms with Crippen LogP contribution in [-0.2, 0) is 4.74 Å². The lowest BCUT2D eigenvalue weighted by molar-refractivity contribution is -0.000195. The highest BCUT2D eigenvalue weighted by Crippen LogP contribution is 2.42. The van der Waals surface area contributed by atoms with E-state index >= 15 is 0 Å². The van der Waals surface area contributed by atoms with Crippen molar-refractivity contribution >= 4 is 34.2 Å². The summed E-state index contributed by atoms with van der Waals surface area (Å²) in [6.07, 6.45) is 2.25. The average molecular weight is 373 g/mol. The van der Waals surface area contributed by atoms with E-state index in [1.807, 2.05) is 0 Å². The van der Waals surface area contributed by atoms with E-state index in [0.29, 0.717) is 11.0 Å². The van der Waals surface area contributed by atoms with Gasteiger partial charge in [0.05, 0.1) is 5.56 Å². The summed E-state index contributed by atoms with van der Waals surface area (Å²) in [6.45, 7) is 3.77. The van der Waals surface area contributed by atoms with E-state index in [-0.39, 0.29) is 0 Å². The van der Waals surface area contributed by atoms with Crippen molar-refractivity contribution in [3.63, 3.8) is 0 Å². The number of carboxylic acid groups (broad SMARTS) is 1. The number of halogens is 1. The second-order valence-corrected chi connectivity index (χ2v) is 6.72. The fourth-order valence-corrected chi connectivity index (χ4v) is 3.60. The Morgan fingerprint density at radius 1 is 1.26 bits per heavy atom. The van der Waals surface area contributed by atoms with Gasteiger partial charge in [0.1, 0.15) is 0 Å². The number of rotatable bonds is 2. The maximum absolute atomic E-state index is 11.1. The van der Waals surface area contributed by atoms with Gasteiger partial charge in [-0.15, -0.1) is 0 Å². The molecule has 1 aromatic carbocycles. The van der Waals surface area contributed by atoms with Gasteiger partial charge in [-0.3, -0.25) is 0 Å². The second kappa shape index (κ2) is 4.94. The van der Waals surface area contributed by atoms with Gasteiger partial charge in [0.25, 0.3) is 0 Å². The summed E-state index contributed by atoms with van der Waals surface area (Å²) in [5.41, 5.74) is 1.80. The SMILES string of the molecule is O=C(O)c1cc(I)cc(N2CC3(CCOCC3)C2)c1. The number of benzene rings is 1. The summed E-state index contributed by atoms with van der Waals surface area (Å²) in [4.78, 5) is 13.4. The molecule has 0 unspecified atom stereocenters. The molecule has 0 aromatic heterocycles. The molecule has 1 N–H and O–H groups in total. The Morgan fingerprint density at radius 2 is 1.95 bits per heavy atom. The predicted molar refractivity (Wildman–Crippen MR) is 80.8 cm³/mol. The van der Waals surface area contributed by atoms with Crippen molar-refractivity contribution in [1.29, 1.82) is 0 Å². The summed E-state index contributed by atoms with van der Waals surface area (Å²) < 4.78 is 6.39. The number of hydrogen-bond donors (Lipinski definition) is 1. The van der Waals surface area contributed by atoms with Crippen LogP contribution in [0, 0.1) is 8.99 Å². The third-order valence-corrected chi connectivity index (χ3v) is 4.72. The molecule has 1 spiro atoms. The number of ether oxygens (including phenoxy) is 1. The Bertz CT molecular complexity index is 503. The molecule has 2 saturated heterocycles. The van der Waals surface area contributed by atoms with Crippen molar-refractivity contribution in [3.8, 4) is 0 Å². The number of carboxylic acids is 1. The predicted octanol–water partition coefficient (Wildman–Crippen LogP) is 2.61. The van der Waals surface area contributed by atoms with Crippen LogP contribution in [0.4, 0.5) is 5.69 Å². The molecule has 2 aliphatic rings. The summed E-state index contributed by atoms with van der Waals surface area (Å²) in [6, 6.07) is 5.53. The Balaban J connectivity index is 1.76. The highest BCUT2D eigenvalue weighted by Gasteiger charge is 2.43. The zero-order chi connectivity index (χ0) is 13.5. The fourth-order valence-electron chi connectivity index (χ4n) is 2.95. The zero-order valence-corrected chi connectivity index (χ0v) is 12.7. The summed E-state index contributed by atoms with van der Waals surface area (Å²) >= 11 is 2.17. The fraction of sp³-hybridized carbons (Fsp3) is 0.500. The molecule has 19 heavy (non-hydrogen) atoms. The summed E-state index contributed by atoms with van der Waals surface area (Å²) in [5, 5.41) is 9.11. The lowest BCUT2D eigenvalue weighted by atomic mass is 9.73. The van der Waals surface area contributed by atoms with Crippen molar-refractivity contribution in [1.82, 2.24) is 0 Å². The van der Waals surface area contributed by atoms with Gasteiger partial charge in [-0.05, 0) is 53.6 Å². The molecule has 0 bridgehead atoms. The molecule has 3 rings (SSSR count). The Labute approximate surface area is 125 Å². The van der Waals surface area contributed by atoms with E-state index in [2.05, 4.69) is 33.6 Å². The highest BCUT2D eigenvalue weighted by molar-refractivity contribution is 14.1. The Kier molecular flexibility index (Phi) is 3.42. The van der Waals surface area contributed by atoms with E-state index in [1.165, 1.54) is 0 Å². The number of aromatic carboxylic acids is 1. The first-order valence-electron chi connectivity index (χ1n) is 6.45. The van der Waals surface area contributed by atoms with Crippen LogP contribution in [0.15, 0.2) is 18.2 Å². The van der Waals surface area contributed by atoms with Crippen molar-refractivity contribution in [2.24, 2.45) is 5.41 Å². The van der Waals surface area contributed by atoms with E-state index in [9.17, 15) is 4.79 Å². The lowest BCUT2D eigenvalue weighted by Gasteiger charge is -2.53. The van der Waals surface area contributed by atoms with Gasteiger partial charge in [-0.2, -0.15) is 0 Å². The van der Waals surface area contributed by atoms with E-state index in [4.69, 9.17) is 9.84 Å². The first-order valence-corrected chi connectivity index (χ1v) is 7.53. The van der Waals surface area contributed by atoms with Crippen LogP contribution >= 0.6 is 22.6 Å². The van der Waals surface area contributed by atoms with Gasteiger partial charge in [0, 0.05) is 41.0 Å². The normalized spacial score (nSPS) is 21.2. The van der Waals surface area contributed by atoms with E-state index < -0.39 is 5.97 Å². The van der Waals surface area contributed by atoms with Gasteiger partial charge in [0.15, 0.2) is 0 Å². The summed E-state index contributed by atoms with van der Waals surface area (Å²) in [5.74, 6) is -0.860. The van der Waals surface area contributed by atoms with Crippen molar-refractivity contribution in [2.75, 3.05) is 31.2 Å². The van der Waals surface area contributed by atoms with Gasteiger partial charge < -0.3 is 14.7 Å². The van der Waals surface area contributed by atoms with Crippen LogP contribution in [0.25, 0.3) is 0 Å². The highest BCUT2D eigenvalue weighted by atomic mass is 127. The second-order valence-electron chi connectivity index (χ2n) is 5.47. The minimum atomic E-state index is -0.860. The largest absolute Gasteiger partial charge is 0.478 e. The molecule has 0 radical (unpaired) electrons. The van der Waals surface area contributed by atoms with Crippen LogP contribution < -0.4 is 4.90 Å². The molecule has 2 fully saturated rings. The van der Waals surface area contributed by atoms with E-state index in [1.54, 1.807) is 12.1 Å². The molecule has 1 aromatic rings. The van der Waals surface area contributed by atoms with Gasteiger partial charge in [0.2, 0.25) is 0 Å². The molecule has 102 valence electrons. The molecule has 0 aliphatic carbocycles. The third-order valence-electron chi connectivity index (χ3n) is 4.10. The molecule has 0 saturated carbocycles. The zero-order valence-electron chi connectivity index (χ0n) is 10.6. The molecule has 0 atom stereocenters. The smallest absolute Gasteiger partial charge is 0.335 e. The van der Waals surface area contributed by atoms with Gasteiger partial charge in [-0.25, -0.2) is 4.79 Å². The standard InChI is InChI=1S/C14H16INO3/c15-11-5-10(13(17)18)6-12(7-11)16-8-14(9-16)1-3-19-4-2-14/h5-7H,1-4,8-9H2,(H,17,18). The van der Waals surface area contributed by atoms with Gasteiger partial charge in [-0.1, -0.05) is 0 Å². The van der Waals surface area contributed by atoms with E-state index in [0.717, 1.165) is 48.4 Å². The molecule has 2 aliphatic heterocycles. The average Bonchev–Trinajstić information content (AvgIpc) is 2.36. The number of anilines is 1. The molecular formula is C14H16INO3. The first-order chi connectivity index (χ1) is 9.08. The van der Waals surface area contributed by atoms with Crippen LogP contribution in [0.5, 0.6) is 0 Å². The Hall–Kier alpha value is -0.820. The van der Waals surface area contributed by atoms with Gasteiger partial charge >= 0.3 is 5.97 Å². The maximum atomic E-state index is 11.1. The van der Waals surface area contributed by atoms with Crippen LogP contribution in [0.2, 0.25) is 0 Å². The number of carbonyl (C=O) groups is 1. The minimum Gasteiger partial charge on any atom is -0.478 e. The third kappa shape index (κ3) is 2.58. The van der Waals surface area contributed by atoms with Crippen LogP contribution in [0.3, 0.4) is 0 Å². The van der Waals surface area contributed by atoms with Crippen molar-refractivity contribution in [2.45, 2.75) is 12.8 Å². The van der Waals surface area contributed by atoms with Crippen molar-refractivity contribution in [3.05, 3.63) is 27.3 Å². The lowest BCUT2D eigenvalue weighted by Crippen LogP contribution is -2.58. The Morgan fingerprint density at radius 3 is 2.58 bits per heavy atom. The topological polar surface area (TPSA) is 49.8 Å². The van der Waals surface area contributed by atoms with Crippen LogP contribution in [0.1, 0.15) is 23.2 Å². The first kappa shape index (κ1) is 13.2. The summed E-state index contributed by atoms with van der Waals surface area (Å²) in [7, 11) is 0. The molecular weight excluding hydrogens is 357 g/mol. The molecule has 4 nitrogen and oxygen atoms in total. The number of nitrogens with zero attached hydrogens (tertiary/aromatic N) is 1.